The number of carbonyl (C=O) groups excluding carboxylic acids is 4. The highest BCUT2D eigenvalue weighted by molar-refractivity contribution is 6.22. The number of nitrogens with one attached hydrogen (secondary N) is 1. The van der Waals surface area contributed by atoms with E-state index in [0.717, 1.165) is 0 Å². The van der Waals surface area contributed by atoms with Crippen molar-refractivity contribution in [1.82, 2.24) is 20.1 Å². The molecule has 1 aromatic heterocycles. The average Bonchev–Trinajstić information content (AvgIpc) is 3.09. The Kier molecular flexibility index (Phi) is 6.79. The van der Waals surface area contributed by atoms with Gasteiger partial charge in [-0.25, -0.2) is 0 Å². The molecule has 0 saturated carbocycles. The number of imide groups is 1. The van der Waals surface area contributed by atoms with Gasteiger partial charge < -0.3 is 15.0 Å². The molecule has 9 nitrogen and oxygen atoms in total. The van der Waals surface area contributed by atoms with Crippen molar-refractivity contribution in [3.8, 4) is 0 Å². The van der Waals surface area contributed by atoms with Crippen molar-refractivity contribution in [3.05, 3.63) is 65.0 Å². The van der Waals surface area contributed by atoms with Crippen LogP contribution in [0.3, 0.4) is 0 Å². The fourth-order valence-electron chi connectivity index (χ4n) is 4.17. The smallest absolute Gasteiger partial charge is 0.261 e. The first-order chi connectivity index (χ1) is 16.0. The van der Waals surface area contributed by atoms with Crippen molar-refractivity contribution in [3.63, 3.8) is 0 Å². The number of likely N-dealkylation sites (tertiary alicyclic amines) is 1. The van der Waals surface area contributed by atoms with E-state index in [0.29, 0.717) is 55.6 Å². The van der Waals surface area contributed by atoms with Crippen molar-refractivity contribution in [2.45, 2.75) is 25.3 Å². The van der Waals surface area contributed by atoms with Gasteiger partial charge in [0.25, 0.3) is 23.6 Å². The summed E-state index contributed by atoms with van der Waals surface area (Å²) in [6.07, 6.45) is 4.99. The highest BCUT2D eigenvalue weighted by Gasteiger charge is 2.35. The fourth-order valence-corrected chi connectivity index (χ4v) is 4.17. The van der Waals surface area contributed by atoms with Crippen LogP contribution < -0.4 is 5.32 Å². The van der Waals surface area contributed by atoms with E-state index in [1.54, 1.807) is 42.6 Å². The molecule has 0 atom stereocenters. The number of pyridine rings is 1. The Morgan fingerprint density at radius 1 is 1.09 bits per heavy atom. The number of hydrogen-bond acceptors (Lipinski definition) is 6. The number of piperidine rings is 1. The predicted molar refractivity (Wildman–Crippen MR) is 119 cm³/mol. The lowest BCUT2D eigenvalue weighted by atomic mass is 10.0. The van der Waals surface area contributed by atoms with Crippen LogP contribution in [-0.2, 0) is 4.74 Å². The third-order valence-electron chi connectivity index (χ3n) is 5.99. The molecule has 9 heteroatoms. The number of nitrogens with zero attached hydrogens (tertiary/aromatic N) is 3. The Balaban J connectivity index is 1.35. The summed E-state index contributed by atoms with van der Waals surface area (Å²) in [7, 11) is 1.57. The summed E-state index contributed by atoms with van der Waals surface area (Å²) in [5.74, 6) is -1.09. The topological polar surface area (TPSA) is 109 Å². The number of benzene rings is 1. The van der Waals surface area contributed by atoms with Gasteiger partial charge >= 0.3 is 0 Å². The molecule has 1 aromatic carbocycles. The minimum Gasteiger partial charge on any atom is -0.385 e. The Hall–Kier alpha value is -3.59. The van der Waals surface area contributed by atoms with E-state index in [-0.39, 0.29) is 41.8 Å². The molecular weight excluding hydrogens is 424 g/mol. The fraction of sp³-hybridized carbons (Fsp3) is 0.375. The van der Waals surface area contributed by atoms with Crippen molar-refractivity contribution >= 4 is 23.6 Å². The normalized spacial score (nSPS) is 16.2. The summed E-state index contributed by atoms with van der Waals surface area (Å²) in [5, 5.41) is 2.99. The van der Waals surface area contributed by atoms with Crippen molar-refractivity contribution < 1.29 is 23.9 Å². The molecule has 2 aromatic rings. The van der Waals surface area contributed by atoms with E-state index in [1.165, 1.54) is 17.0 Å². The van der Waals surface area contributed by atoms with Crippen molar-refractivity contribution in [2.24, 2.45) is 0 Å². The number of carbonyl (C=O) groups is 4. The number of rotatable bonds is 7. The predicted octanol–water partition coefficient (Wildman–Crippen LogP) is 1.75. The van der Waals surface area contributed by atoms with Crippen LogP contribution in [0.5, 0.6) is 0 Å². The first-order valence-corrected chi connectivity index (χ1v) is 11.0. The van der Waals surface area contributed by atoms with Gasteiger partial charge in [-0.15, -0.1) is 0 Å². The zero-order valence-corrected chi connectivity index (χ0v) is 18.5. The minimum absolute atomic E-state index is 0.0651. The van der Waals surface area contributed by atoms with E-state index in [9.17, 15) is 19.2 Å². The molecule has 4 rings (SSSR count). The van der Waals surface area contributed by atoms with Gasteiger partial charge in [0.2, 0.25) is 0 Å². The van der Waals surface area contributed by atoms with E-state index in [2.05, 4.69) is 10.3 Å². The molecule has 1 saturated heterocycles. The second-order valence-electron chi connectivity index (χ2n) is 8.15. The monoisotopic (exact) mass is 450 g/mol. The number of amides is 4. The number of ether oxygens (including phenoxy) is 1. The summed E-state index contributed by atoms with van der Waals surface area (Å²) in [5.41, 5.74) is 1.45. The van der Waals surface area contributed by atoms with Crippen LogP contribution in [0.15, 0.2) is 42.7 Å². The van der Waals surface area contributed by atoms with E-state index >= 15 is 0 Å². The van der Waals surface area contributed by atoms with Crippen molar-refractivity contribution in [1.29, 1.82) is 0 Å². The van der Waals surface area contributed by atoms with Crippen LogP contribution in [0.1, 0.15) is 60.7 Å². The summed E-state index contributed by atoms with van der Waals surface area (Å²) < 4.78 is 4.99. The van der Waals surface area contributed by atoms with E-state index in [1.807, 2.05) is 0 Å². The second-order valence-corrected chi connectivity index (χ2v) is 8.15. The van der Waals surface area contributed by atoms with Gasteiger partial charge in [0.15, 0.2) is 0 Å². The Bertz CT molecular complexity index is 1060. The summed E-state index contributed by atoms with van der Waals surface area (Å²) >= 11 is 0. The number of fused-ring (bicyclic) bond motifs is 1. The summed E-state index contributed by atoms with van der Waals surface area (Å²) in [6, 6.07) is 7.99. The van der Waals surface area contributed by atoms with Crippen LogP contribution in [0.25, 0.3) is 0 Å². The van der Waals surface area contributed by atoms with Gasteiger partial charge in [0, 0.05) is 57.3 Å². The van der Waals surface area contributed by atoms with Crippen LogP contribution in [0.2, 0.25) is 0 Å². The molecule has 33 heavy (non-hydrogen) atoms. The van der Waals surface area contributed by atoms with Gasteiger partial charge in [-0.2, -0.15) is 0 Å². The highest BCUT2D eigenvalue weighted by Crippen LogP contribution is 2.24. The lowest BCUT2D eigenvalue weighted by Crippen LogP contribution is -2.46. The van der Waals surface area contributed by atoms with Crippen molar-refractivity contribution in [2.75, 3.05) is 33.4 Å². The lowest BCUT2D eigenvalue weighted by Gasteiger charge is -2.32. The number of hydrogen-bond donors (Lipinski definition) is 1. The highest BCUT2D eigenvalue weighted by atomic mass is 16.5. The minimum atomic E-state index is -0.386. The van der Waals surface area contributed by atoms with Gasteiger partial charge in [-0.3, -0.25) is 29.1 Å². The third kappa shape index (κ3) is 4.78. The molecule has 4 amide bonds. The zero-order valence-electron chi connectivity index (χ0n) is 18.5. The second kappa shape index (κ2) is 9.91. The average molecular weight is 450 g/mol. The number of methoxy groups -OCH3 is 1. The zero-order chi connectivity index (χ0) is 23.4. The summed E-state index contributed by atoms with van der Waals surface area (Å²) in [4.78, 5) is 57.5. The van der Waals surface area contributed by atoms with Gasteiger partial charge in [0.05, 0.1) is 16.7 Å². The molecule has 1 fully saturated rings. The Morgan fingerprint density at radius 2 is 1.85 bits per heavy atom. The first-order valence-electron chi connectivity index (χ1n) is 11.0. The SMILES string of the molecule is COCCCN1C(=O)c2ccc(C(=O)NC3CCN(C(=O)c4cccnc4)CC3)cc2C1=O. The van der Waals surface area contributed by atoms with Gasteiger partial charge in [-0.05, 0) is 49.6 Å². The maximum Gasteiger partial charge on any atom is 0.261 e. The molecule has 172 valence electrons. The Labute approximate surface area is 191 Å². The molecule has 0 spiro atoms. The largest absolute Gasteiger partial charge is 0.385 e. The van der Waals surface area contributed by atoms with Crippen LogP contribution in [0, 0.1) is 0 Å². The molecule has 2 aliphatic heterocycles. The number of aromatic nitrogens is 1. The standard InChI is InChI=1S/C24H26N4O5/c1-33-13-3-10-28-23(31)19-6-5-16(14-20(19)24(28)32)21(29)26-18-7-11-27(12-8-18)22(30)17-4-2-9-25-15-17/h2,4-6,9,14-15,18H,3,7-8,10-13H2,1H3,(H,26,29). The van der Waals surface area contributed by atoms with Crippen LogP contribution >= 0.6 is 0 Å². The summed E-state index contributed by atoms with van der Waals surface area (Å²) in [6.45, 7) is 1.80. The first kappa shape index (κ1) is 22.6. The molecule has 2 aliphatic rings. The van der Waals surface area contributed by atoms with Gasteiger partial charge in [0.1, 0.15) is 0 Å². The lowest BCUT2D eigenvalue weighted by molar-refractivity contribution is 0.0636. The molecule has 0 aliphatic carbocycles. The maximum absolute atomic E-state index is 12.8. The molecule has 0 bridgehead atoms. The third-order valence-corrected chi connectivity index (χ3v) is 5.99. The molecular formula is C24H26N4O5. The van der Waals surface area contributed by atoms with Crippen LogP contribution in [0.4, 0.5) is 0 Å². The molecule has 1 N–H and O–H groups in total. The molecule has 0 unspecified atom stereocenters. The quantitative estimate of drug-likeness (QED) is 0.509. The van der Waals surface area contributed by atoms with Crippen LogP contribution in [-0.4, -0.2) is 77.8 Å². The van der Waals surface area contributed by atoms with E-state index in [4.69, 9.17) is 4.74 Å². The maximum atomic E-state index is 12.8. The van der Waals surface area contributed by atoms with E-state index < -0.39 is 0 Å². The molecule has 0 radical (unpaired) electrons. The molecule has 3 heterocycles. The Morgan fingerprint density at radius 3 is 2.55 bits per heavy atom. The van der Waals surface area contributed by atoms with Gasteiger partial charge in [-0.1, -0.05) is 0 Å².